The van der Waals surface area contributed by atoms with Gasteiger partial charge in [0.2, 0.25) is 5.91 Å². The first kappa shape index (κ1) is 15.2. The van der Waals surface area contributed by atoms with Gasteiger partial charge in [0.05, 0.1) is 6.54 Å². The summed E-state index contributed by atoms with van der Waals surface area (Å²) in [7, 11) is 0. The minimum atomic E-state index is -2.78. The molecule has 0 radical (unpaired) electrons. The summed E-state index contributed by atoms with van der Waals surface area (Å²) >= 11 is 0. The Morgan fingerprint density at radius 1 is 1.31 bits per heavy atom. The Labute approximate surface area is 94.4 Å². The van der Waals surface area contributed by atoms with Gasteiger partial charge in [-0.2, -0.15) is 0 Å². The van der Waals surface area contributed by atoms with Crippen molar-refractivity contribution in [3.8, 4) is 0 Å². The molecule has 0 aliphatic rings. The van der Waals surface area contributed by atoms with Gasteiger partial charge < -0.3 is 15.7 Å². The predicted molar refractivity (Wildman–Crippen MR) is 57.4 cm³/mol. The molecule has 0 saturated heterocycles. The lowest BCUT2D eigenvalue weighted by molar-refractivity contribution is -0.121. The van der Waals surface area contributed by atoms with E-state index in [9.17, 15) is 13.6 Å². The molecule has 0 saturated carbocycles. The third kappa shape index (κ3) is 6.68. The van der Waals surface area contributed by atoms with Gasteiger partial charge in [0, 0.05) is 12.6 Å². The zero-order chi connectivity index (χ0) is 12.6. The molecule has 0 spiro atoms. The van der Waals surface area contributed by atoms with Crippen molar-refractivity contribution in [2.45, 2.75) is 45.3 Å². The lowest BCUT2D eigenvalue weighted by atomic mass is 10.2. The van der Waals surface area contributed by atoms with Crippen LogP contribution in [0.5, 0.6) is 0 Å². The molecule has 1 amide bonds. The zero-order valence-corrected chi connectivity index (χ0v) is 9.67. The number of halogens is 2. The van der Waals surface area contributed by atoms with E-state index < -0.39 is 12.5 Å². The highest BCUT2D eigenvalue weighted by Crippen LogP contribution is 1.98. The monoisotopic (exact) mass is 238 g/mol. The van der Waals surface area contributed by atoms with Gasteiger partial charge in [-0.3, -0.25) is 4.79 Å². The number of carbonyl (C=O) groups is 1. The van der Waals surface area contributed by atoms with E-state index in [0.29, 0.717) is 0 Å². The number of nitrogens with one attached hydrogen (secondary N) is 2. The Balaban J connectivity index is 3.65. The number of carbonyl (C=O) groups excluding carboxylic acids is 1. The summed E-state index contributed by atoms with van der Waals surface area (Å²) in [5, 5.41) is 14.0. The van der Waals surface area contributed by atoms with Crippen LogP contribution in [-0.2, 0) is 4.79 Å². The second kappa shape index (κ2) is 8.41. The first-order chi connectivity index (χ1) is 7.51. The molecular weight excluding hydrogens is 218 g/mol. The number of hydrogen-bond donors (Lipinski definition) is 3. The maximum atomic E-state index is 11.9. The first-order valence-electron chi connectivity index (χ1n) is 5.47. The predicted octanol–water partition coefficient (Wildman–Crippen LogP) is 0.507. The molecule has 0 aliphatic heterocycles. The van der Waals surface area contributed by atoms with Gasteiger partial charge >= 0.3 is 0 Å². The molecule has 16 heavy (non-hydrogen) atoms. The van der Waals surface area contributed by atoms with Crippen LogP contribution in [0.25, 0.3) is 0 Å². The van der Waals surface area contributed by atoms with Gasteiger partial charge in [0.25, 0.3) is 6.43 Å². The van der Waals surface area contributed by atoms with Crippen LogP contribution >= 0.6 is 0 Å². The van der Waals surface area contributed by atoms with Crippen molar-refractivity contribution >= 4 is 5.91 Å². The van der Waals surface area contributed by atoms with Crippen LogP contribution in [0.15, 0.2) is 0 Å². The summed E-state index contributed by atoms with van der Waals surface area (Å²) in [4.78, 5) is 11.3. The highest BCUT2D eigenvalue weighted by molar-refractivity contribution is 5.78. The smallest absolute Gasteiger partial charge is 0.265 e. The molecule has 96 valence electrons. The fourth-order valence-electron chi connectivity index (χ4n) is 1.19. The van der Waals surface area contributed by atoms with Crippen molar-refractivity contribution in [3.63, 3.8) is 0 Å². The molecule has 6 heteroatoms. The van der Waals surface area contributed by atoms with Crippen LogP contribution in [0.1, 0.15) is 26.7 Å². The Kier molecular flexibility index (Phi) is 8.01. The van der Waals surface area contributed by atoms with E-state index in [2.05, 4.69) is 10.6 Å². The van der Waals surface area contributed by atoms with Crippen molar-refractivity contribution in [2.75, 3.05) is 13.1 Å². The highest BCUT2D eigenvalue weighted by Gasteiger charge is 2.16. The second-order valence-corrected chi connectivity index (χ2v) is 3.61. The van der Waals surface area contributed by atoms with Crippen molar-refractivity contribution in [1.29, 1.82) is 0 Å². The van der Waals surface area contributed by atoms with Crippen molar-refractivity contribution in [1.82, 2.24) is 10.6 Å². The molecule has 0 aromatic carbocycles. The maximum absolute atomic E-state index is 11.9. The molecular formula is C10H20F2N2O2. The summed E-state index contributed by atoms with van der Waals surface area (Å²) < 4.78 is 23.8. The van der Waals surface area contributed by atoms with Gasteiger partial charge in [-0.1, -0.05) is 13.8 Å². The Morgan fingerprint density at radius 2 is 1.88 bits per heavy atom. The summed E-state index contributed by atoms with van der Waals surface area (Å²) in [6.45, 7) is 3.58. The summed E-state index contributed by atoms with van der Waals surface area (Å²) in [5.41, 5.74) is 0. The zero-order valence-electron chi connectivity index (χ0n) is 9.67. The van der Waals surface area contributed by atoms with Crippen LogP contribution in [0, 0.1) is 0 Å². The van der Waals surface area contributed by atoms with E-state index in [1.165, 1.54) is 0 Å². The molecule has 1 unspecified atom stereocenters. The maximum Gasteiger partial charge on any atom is 0.265 e. The lowest BCUT2D eigenvalue weighted by Gasteiger charge is -2.15. The molecule has 0 aromatic rings. The molecule has 0 aromatic heterocycles. The van der Waals surface area contributed by atoms with Gasteiger partial charge in [-0.05, 0) is 12.8 Å². The van der Waals surface area contributed by atoms with Crippen LogP contribution in [-0.4, -0.2) is 42.7 Å². The van der Waals surface area contributed by atoms with Gasteiger partial charge in [0.15, 0.2) is 0 Å². The third-order valence-corrected chi connectivity index (χ3v) is 2.28. The highest BCUT2D eigenvalue weighted by atomic mass is 19.3. The van der Waals surface area contributed by atoms with Crippen LogP contribution in [0.2, 0.25) is 0 Å². The van der Waals surface area contributed by atoms with Crippen LogP contribution < -0.4 is 10.6 Å². The number of amides is 1. The molecule has 0 aliphatic carbocycles. The average Bonchev–Trinajstić information content (AvgIpc) is 2.25. The fourth-order valence-corrected chi connectivity index (χ4v) is 1.19. The lowest BCUT2D eigenvalue weighted by Crippen LogP contribution is -2.42. The molecule has 0 fully saturated rings. The van der Waals surface area contributed by atoms with E-state index in [-0.39, 0.29) is 25.0 Å². The first-order valence-corrected chi connectivity index (χ1v) is 5.47. The van der Waals surface area contributed by atoms with Crippen molar-refractivity contribution in [2.24, 2.45) is 0 Å². The Hall–Kier alpha value is -0.750. The fraction of sp³-hybridized carbons (Fsp3) is 0.900. The average molecular weight is 238 g/mol. The quantitative estimate of drug-likeness (QED) is 0.577. The molecule has 0 heterocycles. The Morgan fingerprint density at radius 3 is 2.31 bits per heavy atom. The second-order valence-electron chi connectivity index (χ2n) is 3.61. The van der Waals surface area contributed by atoms with E-state index in [1.54, 1.807) is 0 Å². The van der Waals surface area contributed by atoms with Crippen molar-refractivity contribution < 1.29 is 18.7 Å². The Bertz CT molecular complexity index is 199. The number of rotatable bonds is 8. The molecule has 1 atom stereocenters. The van der Waals surface area contributed by atoms with E-state index in [4.69, 9.17) is 5.11 Å². The minimum Gasteiger partial charge on any atom is -0.386 e. The molecule has 3 N–H and O–H groups in total. The summed E-state index contributed by atoms with van der Waals surface area (Å²) in [5.74, 6) is -0.241. The third-order valence-electron chi connectivity index (χ3n) is 2.28. The largest absolute Gasteiger partial charge is 0.386 e. The van der Waals surface area contributed by atoms with E-state index in [0.717, 1.165) is 12.8 Å². The van der Waals surface area contributed by atoms with E-state index >= 15 is 0 Å². The molecule has 0 rings (SSSR count). The van der Waals surface area contributed by atoms with Gasteiger partial charge in [-0.15, -0.1) is 0 Å². The normalized spacial score (nSPS) is 13.2. The topological polar surface area (TPSA) is 61.4 Å². The number of alkyl halides is 2. The molecule has 0 bridgehead atoms. The number of hydrogen-bond acceptors (Lipinski definition) is 3. The standard InChI is InChI=1S/C10H20F2N2O2/c1-3-7(4-2)14-9(16)6-13-5-8(15)10(11)12/h7-8,10,13,15H,3-6H2,1-2H3,(H,14,16). The van der Waals surface area contributed by atoms with Gasteiger partial charge in [0.1, 0.15) is 6.10 Å². The SMILES string of the molecule is CCC(CC)NC(=O)CNCC(O)C(F)F. The molecule has 4 nitrogen and oxygen atoms in total. The van der Waals surface area contributed by atoms with Gasteiger partial charge in [-0.25, -0.2) is 8.78 Å². The minimum absolute atomic E-state index is 0.0553. The van der Waals surface area contributed by atoms with Crippen LogP contribution in [0.4, 0.5) is 8.78 Å². The summed E-state index contributed by atoms with van der Waals surface area (Å²) in [6, 6.07) is 0.120. The van der Waals surface area contributed by atoms with Crippen LogP contribution in [0.3, 0.4) is 0 Å². The number of aliphatic hydroxyl groups excluding tert-OH is 1. The van der Waals surface area contributed by atoms with E-state index in [1.807, 2.05) is 13.8 Å². The number of aliphatic hydroxyl groups is 1. The van der Waals surface area contributed by atoms with Crippen molar-refractivity contribution in [3.05, 3.63) is 0 Å². The summed E-state index contributed by atoms with van der Waals surface area (Å²) in [6.07, 6.45) is -2.83.